The van der Waals surface area contributed by atoms with Gasteiger partial charge in [0.1, 0.15) is 0 Å². The third-order valence-corrected chi connectivity index (χ3v) is 2.52. The zero-order valence-electron chi connectivity index (χ0n) is 9.05. The van der Waals surface area contributed by atoms with Gasteiger partial charge in [0.15, 0.2) is 5.58 Å². The van der Waals surface area contributed by atoms with E-state index in [0.29, 0.717) is 12.1 Å². The quantitative estimate of drug-likeness (QED) is 0.892. The Balaban J connectivity index is 0.00000128. The maximum absolute atomic E-state index is 11.5. The number of hydrogen-bond acceptors (Lipinski definition) is 3. The second kappa shape index (κ2) is 5.18. The minimum atomic E-state index is -0.333. The number of rotatable bonds is 3. The van der Waals surface area contributed by atoms with Crippen LogP contribution in [0, 0.1) is 0 Å². The Morgan fingerprint density at radius 3 is 2.81 bits per heavy atom. The molecule has 0 radical (unpaired) electrons. The van der Waals surface area contributed by atoms with Gasteiger partial charge in [-0.15, -0.1) is 12.4 Å². The van der Waals surface area contributed by atoms with Crippen molar-refractivity contribution < 1.29 is 4.42 Å². The van der Waals surface area contributed by atoms with Crippen molar-refractivity contribution in [2.45, 2.75) is 25.9 Å². The van der Waals surface area contributed by atoms with E-state index in [1.807, 2.05) is 25.1 Å². The molecule has 1 aromatic heterocycles. The number of benzene rings is 1. The number of nitrogens with two attached hydrogens (primary N) is 1. The van der Waals surface area contributed by atoms with E-state index in [4.69, 9.17) is 10.2 Å². The van der Waals surface area contributed by atoms with Crippen molar-refractivity contribution >= 4 is 23.5 Å². The van der Waals surface area contributed by atoms with Crippen molar-refractivity contribution in [3.05, 3.63) is 34.8 Å². The number of hydrogen-bond donors (Lipinski definition) is 1. The van der Waals surface area contributed by atoms with Gasteiger partial charge < -0.3 is 10.2 Å². The standard InChI is InChI=1S/C11H14N2O2.ClH/c1-2-8(12)7-13-9-5-3-4-6-10(9)15-11(13)14;/h3-6,8H,2,7,12H2,1H3;1H/t8-;/m1./s1. The maximum Gasteiger partial charge on any atom is 0.420 e. The molecule has 0 aliphatic heterocycles. The summed E-state index contributed by atoms with van der Waals surface area (Å²) in [6.45, 7) is 2.50. The second-order valence-electron chi connectivity index (χ2n) is 3.61. The van der Waals surface area contributed by atoms with Gasteiger partial charge in [-0.25, -0.2) is 4.79 Å². The van der Waals surface area contributed by atoms with Gasteiger partial charge in [-0.05, 0) is 18.6 Å². The molecule has 1 aromatic carbocycles. The summed E-state index contributed by atoms with van der Waals surface area (Å²) in [5, 5.41) is 0. The number of oxazole rings is 1. The monoisotopic (exact) mass is 242 g/mol. The smallest absolute Gasteiger partial charge is 0.408 e. The molecule has 4 nitrogen and oxygen atoms in total. The van der Waals surface area contributed by atoms with Gasteiger partial charge in [-0.2, -0.15) is 0 Å². The Hall–Kier alpha value is -1.26. The molecule has 1 heterocycles. The average molecular weight is 243 g/mol. The van der Waals surface area contributed by atoms with Gasteiger partial charge >= 0.3 is 5.76 Å². The van der Waals surface area contributed by atoms with Crippen molar-refractivity contribution in [2.75, 3.05) is 0 Å². The van der Waals surface area contributed by atoms with Crippen LogP contribution in [0.3, 0.4) is 0 Å². The maximum atomic E-state index is 11.5. The molecule has 0 spiro atoms. The Morgan fingerprint density at radius 2 is 2.12 bits per heavy atom. The fourth-order valence-electron chi connectivity index (χ4n) is 1.55. The van der Waals surface area contributed by atoms with Crippen molar-refractivity contribution in [2.24, 2.45) is 5.73 Å². The van der Waals surface area contributed by atoms with Crippen LogP contribution < -0.4 is 11.5 Å². The predicted octanol–water partition coefficient (Wildman–Crippen LogP) is 1.75. The van der Waals surface area contributed by atoms with E-state index in [1.54, 1.807) is 10.6 Å². The summed E-state index contributed by atoms with van der Waals surface area (Å²) in [5.41, 5.74) is 7.25. The summed E-state index contributed by atoms with van der Waals surface area (Å²) in [4.78, 5) is 11.5. The fraction of sp³-hybridized carbons (Fsp3) is 0.364. The van der Waals surface area contributed by atoms with E-state index in [-0.39, 0.29) is 24.2 Å². The molecule has 2 N–H and O–H groups in total. The third kappa shape index (κ3) is 2.28. The molecular weight excluding hydrogens is 228 g/mol. The Bertz CT molecular complexity index is 518. The summed E-state index contributed by atoms with van der Waals surface area (Å²) >= 11 is 0. The summed E-state index contributed by atoms with van der Waals surface area (Å²) in [7, 11) is 0. The molecule has 88 valence electrons. The summed E-state index contributed by atoms with van der Waals surface area (Å²) < 4.78 is 6.68. The molecule has 2 aromatic rings. The fourth-order valence-corrected chi connectivity index (χ4v) is 1.55. The first-order valence-corrected chi connectivity index (χ1v) is 5.06. The lowest BCUT2D eigenvalue weighted by Crippen LogP contribution is -2.29. The molecule has 5 heteroatoms. The highest BCUT2D eigenvalue weighted by Crippen LogP contribution is 2.11. The van der Waals surface area contributed by atoms with Gasteiger partial charge in [0.25, 0.3) is 0 Å². The van der Waals surface area contributed by atoms with Gasteiger partial charge in [0.2, 0.25) is 0 Å². The van der Waals surface area contributed by atoms with Crippen LogP contribution >= 0.6 is 12.4 Å². The summed E-state index contributed by atoms with van der Waals surface area (Å²) in [6, 6.07) is 7.36. The molecule has 0 saturated heterocycles. The molecule has 0 amide bonds. The number of aromatic nitrogens is 1. The minimum Gasteiger partial charge on any atom is -0.408 e. The van der Waals surface area contributed by atoms with Crippen LogP contribution in [0.15, 0.2) is 33.5 Å². The highest BCUT2D eigenvalue weighted by molar-refractivity contribution is 5.85. The molecule has 0 bridgehead atoms. The van der Waals surface area contributed by atoms with E-state index >= 15 is 0 Å². The Morgan fingerprint density at radius 1 is 1.44 bits per heavy atom. The summed E-state index contributed by atoms with van der Waals surface area (Å²) in [6.07, 6.45) is 0.839. The lowest BCUT2D eigenvalue weighted by atomic mass is 10.2. The van der Waals surface area contributed by atoms with Crippen LogP contribution in [-0.2, 0) is 6.54 Å². The normalized spacial score (nSPS) is 12.4. The van der Waals surface area contributed by atoms with Gasteiger partial charge in [-0.1, -0.05) is 19.1 Å². The predicted molar refractivity (Wildman–Crippen MR) is 66.0 cm³/mol. The molecule has 1 atom stereocenters. The van der Waals surface area contributed by atoms with E-state index in [9.17, 15) is 4.79 Å². The van der Waals surface area contributed by atoms with E-state index in [2.05, 4.69) is 0 Å². The molecule has 0 fully saturated rings. The Labute approximate surface area is 99.5 Å². The van der Waals surface area contributed by atoms with Crippen molar-refractivity contribution in [3.8, 4) is 0 Å². The topological polar surface area (TPSA) is 61.2 Å². The molecule has 0 unspecified atom stereocenters. The molecule has 0 saturated carbocycles. The van der Waals surface area contributed by atoms with Gasteiger partial charge in [0.05, 0.1) is 5.52 Å². The third-order valence-electron chi connectivity index (χ3n) is 2.52. The second-order valence-corrected chi connectivity index (χ2v) is 3.61. The first-order chi connectivity index (χ1) is 7.22. The van der Waals surface area contributed by atoms with E-state index < -0.39 is 0 Å². The van der Waals surface area contributed by atoms with Gasteiger partial charge in [0, 0.05) is 12.6 Å². The van der Waals surface area contributed by atoms with E-state index in [0.717, 1.165) is 11.9 Å². The molecule has 0 aliphatic rings. The Kier molecular flexibility index (Phi) is 4.15. The van der Waals surface area contributed by atoms with Crippen LogP contribution in [0.25, 0.3) is 11.1 Å². The average Bonchev–Trinajstić information content (AvgIpc) is 2.55. The van der Waals surface area contributed by atoms with Crippen LogP contribution in [-0.4, -0.2) is 10.6 Å². The van der Waals surface area contributed by atoms with Crippen LogP contribution in [0.4, 0.5) is 0 Å². The first kappa shape index (κ1) is 12.8. The van der Waals surface area contributed by atoms with E-state index in [1.165, 1.54) is 0 Å². The molecule has 0 aliphatic carbocycles. The van der Waals surface area contributed by atoms with Crippen LogP contribution in [0.1, 0.15) is 13.3 Å². The lowest BCUT2D eigenvalue weighted by molar-refractivity contribution is 0.469. The highest BCUT2D eigenvalue weighted by atomic mass is 35.5. The SMILES string of the molecule is CC[C@@H](N)Cn1c(=O)oc2ccccc21.Cl. The van der Waals surface area contributed by atoms with Crippen LogP contribution in [0.2, 0.25) is 0 Å². The zero-order valence-corrected chi connectivity index (χ0v) is 9.87. The molecular formula is C11H15ClN2O2. The van der Waals surface area contributed by atoms with Crippen molar-refractivity contribution in [3.63, 3.8) is 0 Å². The number of fused-ring (bicyclic) bond motifs is 1. The number of para-hydroxylation sites is 2. The summed E-state index contributed by atoms with van der Waals surface area (Å²) in [5.74, 6) is -0.333. The van der Waals surface area contributed by atoms with Crippen molar-refractivity contribution in [1.29, 1.82) is 0 Å². The molecule has 16 heavy (non-hydrogen) atoms. The lowest BCUT2D eigenvalue weighted by Gasteiger charge is -2.08. The zero-order chi connectivity index (χ0) is 10.8. The van der Waals surface area contributed by atoms with Crippen molar-refractivity contribution in [1.82, 2.24) is 4.57 Å². The van der Waals surface area contributed by atoms with Gasteiger partial charge in [-0.3, -0.25) is 4.57 Å². The molecule has 2 rings (SSSR count). The largest absolute Gasteiger partial charge is 0.420 e. The van der Waals surface area contributed by atoms with Crippen LogP contribution in [0.5, 0.6) is 0 Å². The first-order valence-electron chi connectivity index (χ1n) is 5.06. The number of nitrogens with zero attached hydrogens (tertiary/aromatic N) is 1. The minimum absolute atomic E-state index is 0. The highest BCUT2D eigenvalue weighted by Gasteiger charge is 2.10. The number of halogens is 1.